The third kappa shape index (κ3) is 5.02. The third-order valence-corrected chi connectivity index (χ3v) is 2.88. The number of nitrogens with zero attached hydrogens (tertiary/aromatic N) is 3. The molecule has 0 spiro atoms. The normalized spacial score (nSPS) is 10.4. The van der Waals surface area contributed by atoms with Gasteiger partial charge in [-0.05, 0) is 31.3 Å². The summed E-state index contributed by atoms with van der Waals surface area (Å²) in [5, 5.41) is 11.6. The molecule has 0 radical (unpaired) electrons. The Morgan fingerprint density at radius 1 is 1.54 bits per heavy atom. The molecule has 3 rings (SSSR count). The molecule has 9 nitrogen and oxygen atoms in total. The minimum Gasteiger partial charge on any atom is -0.466 e. The molecule has 0 aromatic carbocycles. The molecule has 4 N–H and O–H groups in total. The van der Waals surface area contributed by atoms with Crippen LogP contribution in [0.3, 0.4) is 0 Å². The fourth-order valence-electron chi connectivity index (χ4n) is 1.73. The smallest absolute Gasteiger partial charge is 0.302 e. The largest absolute Gasteiger partial charge is 0.466 e. The minimum absolute atomic E-state index is 0.211. The molecule has 0 amide bonds. The number of aromatic nitrogens is 5. The van der Waals surface area contributed by atoms with Gasteiger partial charge >= 0.3 is 5.97 Å². The third-order valence-electron chi connectivity index (χ3n) is 2.68. The van der Waals surface area contributed by atoms with Gasteiger partial charge in [0.2, 0.25) is 0 Å². The number of carbonyl (C=O) groups excluding carboxylic acids is 1. The van der Waals surface area contributed by atoms with E-state index in [4.69, 9.17) is 12.2 Å². The van der Waals surface area contributed by atoms with Crippen LogP contribution in [-0.2, 0) is 9.53 Å². The Morgan fingerprint density at radius 2 is 2.38 bits per heavy atom. The van der Waals surface area contributed by atoms with Crippen molar-refractivity contribution < 1.29 is 9.53 Å². The highest BCUT2D eigenvalue weighted by molar-refractivity contribution is 7.71. The van der Waals surface area contributed by atoms with Gasteiger partial charge < -0.3 is 14.7 Å². The molecule has 0 saturated heterocycles. The maximum absolute atomic E-state index is 9.82. The van der Waals surface area contributed by atoms with E-state index in [1.165, 1.54) is 6.92 Å². The Bertz CT molecular complexity index is 867. The summed E-state index contributed by atoms with van der Waals surface area (Å²) < 4.78 is 4.77. The maximum atomic E-state index is 9.82. The minimum atomic E-state index is -0.211. The van der Waals surface area contributed by atoms with Gasteiger partial charge in [-0.3, -0.25) is 15.3 Å². The summed E-state index contributed by atoms with van der Waals surface area (Å²) in [6.45, 7) is 3.65. The van der Waals surface area contributed by atoms with Crippen molar-refractivity contribution in [3.63, 3.8) is 0 Å². The van der Waals surface area contributed by atoms with Gasteiger partial charge in [0.15, 0.2) is 10.6 Å². The summed E-state index contributed by atoms with van der Waals surface area (Å²) in [5.74, 6) is 0.350. The number of anilines is 1. The van der Waals surface area contributed by atoms with Gasteiger partial charge in [0.1, 0.15) is 5.65 Å². The predicted molar refractivity (Wildman–Crippen MR) is 93.4 cm³/mol. The second-order valence-corrected chi connectivity index (χ2v) is 4.86. The van der Waals surface area contributed by atoms with Gasteiger partial charge in [-0.1, -0.05) is 0 Å². The fourth-order valence-corrected chi connectivity index (χ4v) is 1.93. The molecular weight excluding hydrogens is 330 g/mol. The van der Waals surface area contributed by atoms with Crippen molar-refractivity contribution in [2.75, 3.05) is 12.0 Å². The Kier molecular flexibility index (Phi) is 6.20. The van der Waals surface area contributed by atoms with Gasteiger partial charge in [-0.2, -0.15) is 10.2 Å². The molecule has 0 bridgehead atoms. The molecule has 3 aromatic rings. The Morgan fingerprint density at radius 3 is 3.00 bits per heavy atom. The highest BCUT2D eigenvalue weighted by Crippen LogP contribution is 2.16. The first-order chi connectivity index (χ1) is 11.6. The van der Waals surface area contributed by atoms with Crippen LogP contribution in [0.2, 0.25) is 0 Å². The van der Waals surface area contributed by atoms with E-state index < -0.39 is 0 Å². The molecule has 0 aliphatic carbocycles. The van der Waals surface area contributed by atoms with Crippen molar-refractivity contribution >= 4 is 41.3 Å². The summed E-state index contributed by atoms with van der Waals surface area (Å²) in [5.41, 5.74) is 4.46. The van der Waals surface area contributed by atoms with Crippen LogP contribution in [-0.4, -0.2) is 43.9 Å². The van der Waals surface area contributed by atoms with Gasteiger partial charge in [0.05, 0.1) is 30.1 Å². The van der Waals surface area contributed by atoms with Crippen LogP contribution in [0.25, 0.3) is 11.0 Å². The molecule has 24 heavy (non-hydrogen) atoms. The van der Waals surface area contributed by atoms with E-state index in [0.717, 1.165) is 11.1 Å². The number of ether oxygens (including phenoxy) is 1. The molecule has 126 valence electrons. The number of H-pyrrole nitrogens is 3. The Labute approximate surface area is 142 Å². The summed E-state index contributed by atoms with van der Waals surface area (Å²) in [7, 11) is 0. The highest BCUT2D eigenvalue weighted by Gasteiger charge is 2.03. The summed E-state index contributed by atoms with van der Waals surface area (Å²) >= 11 is 5.01. The quantitative estimate of drug-likeness (QED) is 0.249. The maximum Gasteiger partial charge on any atom is 0.302 e. The second-order valence-electron chi connectivity index (χ2n) is 4.47. The molecule has 0 unspecified atom stereocenters. The van der Waals surface area contributed by atoms with Crippen LogP contribution in [0.1, 0.15) is 19.5 Å². The molecule has 0 aliphatic heterocycles. The van der Waals surface area contributed by atoms with Crippen LogP contribution in [0, 0.1) is 4.77 Å². The number of hydrogen-bond donors (Lipinski definition) is 4. The van der Waals surface area contributed by atoms with Gasteiger partial charge in [-0.25, -0.2) is 4.98 Å². The number of carbonyl (C=O) groups is 1. The first-order valence-electron chi connectivity index (χ1n) is 7.09. The molecule has 10 heteroatoms. The van der Waals surface area contributed by atoms with Crippen LogP contribution in [0.5, 0.6) is 0 Å². The SMILES string of the molecule is CCOC(C)=O.S=c1nc(N/N=C/c2ccc[nH]2)c2cn[nH]c2[nH]1. The zero-order chi connectivity index (χ0) is 17.4. The lowest BCUT2D eigenvalue weighted by Gasteiger charge is -1.99. The van der Waals surface area contributed by atoms with Crippen LogP contribution in [0.15, 0.2) is 29.6 Å². The van der Waals surface area contributed by atoms with Gasteiger partial charge in [0, 0.05) is 13.1 Å². The standard InChI is InChI=1S/C10H9N7S.C4H8O2/c18-10-14-8(7-5-13-17-9(7)15-10)16-12-4-6-2-1-3-11-6;1-3-6-4(2)5/h1-5,11H,(H3,13,14,15,16,17,18);3H2,1-2H3/b12-4+;. The number of fused-ring (bicyclic) bond motifs is 1. The molecule has 3 heterocycles. The highest BCUT2D eigenvalue weighted by atomic mass is 32.1. The first kappa shape index (κ1) is 17.3. The van der Waals surface area contributed by atoms with E-state index in [9.17, 15) is 4.79 Å². The van der Waals surface area contributed by atoms with Crippen molar-refractivity contribution in [2.24, 2.45) is 5.10 Å². The van der Waals surface area contributed by atoms with Crippen molar-refractivity contribution in [3.8, 4) is 0 Å². The van der Waals surface area contributed by atoms with Crippen molar-refractivity contribution in [2.45, 2.75) is 13.8 Å². The monoisotopic (exact) mass is 347 g/mol. The number of rotatable bonds is 4. The predicted octanol–water partition coefficient (Wildman–Crippen LogP) is 2.36. The average Bonchev–Trinajstić information content (AvgIpc) is 3.18. The van der Waals surface area contributed by atoms with E-state index in [0.29, 0.717) is 22.8 Å². The summed E-state index contributed by atoms with van der Waals surface area (Å²) in [4.78, 5) is 19.9. The van der Waals surface area contributed by atoms with Gasteiger partial charge in [-0.15, -0.1) is 0 Å². The molecule has 0 saturated carbocycles. The van der Waals surface area contributed by atoms with E-state index >= 15 is 0 Å². The van der Waals surface area contributed by atoms with Crippen molar-refractivity contribution in [1.82, 2.24) is 25.1 Å². The van der Waals surface area contributed by atoms with E-state index in [2.05, 4.69) is 40.4 Å². The van der Waals surface area contributed by atoms with Gasteiger partial charge in [0.25, 0.3) is 0 Å². The first-order valence-corrected chi connectivity index (χ1v) is 7.50. The van der Waals surface area contributed by atoms with Crippen LogP contribution < -0.4 is 5.43 Å². The summed E-state index contributed by atoms with van der Waals surface area (Å²) in [6, 6.07) is 3.80. The van der Waals surface area contributed by atoms with E-state index in [1.807, 2.05) is 18.3 Å². The van der Waals surface area contributed by atoms with E-state index in [-0.39, 0.29) is 5.97 Å². The molecular formula is C14H17N7O2S. The van der Waals surface area contributed by atoms with Crippen LogP contribution in [0.4, 0.5) is 5.82 Å². The fraction of sp³-hybridized carbons (Fsp3) is 0.214. The number of hydrogen-bond acceptors (Lipinski definition) is 7. The Balaban J connectivity index is 0.000000301. The van der Waals surface area contributed by atoms with E-state index in [1.54, 1.807) is 19.3 Å². The number of hydrazone groups is 1. The van der Waals surface area contributed by atoms with Crippen molar-refractivity contribution in [3.05, 3.63) is 35.0 Å². The topological polar surface area (TPSA) is 124 Å². The second kappa shape index (κ2) is 8.58. The molecule has 3 aromatic heterocycles. The molecule has 0 aliphatic rings. The lowest BCUT2D eigenvalue weighted by molar-refractivity contribution is -0.140. The van der Waals surface area contributed by atoms with Crippen molar-refractivity contribution in [1.29, 1.82) is 0 Å². The lowest BCUT2D eigenvalue weighted by Crippen LogP contribution is -1.96. The zero-order valence-electron chi connectivity index (χ0n) is 13.2. The molecule has 0 atom stereocenters. The number of nitrogens with one attached hydrogen (secondary N) is 4. The number of aromatic amines is 3. The number of esters is 1. The van der Waals surface area contributed by atoms with Crippen LogP contribution >= 0.6 is 12.2 Å². The lowest BCUT2D eigenvalue weighted by atomic mass is 10.4. The summed E-state index contributed by atoms with van der Waals surface area (Å²) in [6.07, 6.45) is 5.14. The average molecular weight is 347 g/mol. The molecule has 0 fully saturated rings. The Hall–Kier alpha value is -3.01. The zero-order valence-corrected chi connectivity index (χ0v) is 14.0.